The van der Waals surface area contributed by atoms with Gasteiger partial charge in [-0.15, -0.1) is 0 Å². The molecule has 152 valence electrons. The van der Waals surface area contributed by atoms with Gasteiger partial charge in [-0.3, -0.25) is 0 Å². The van der Waals surface area contributed by atoms with Gasteiger partial charge in [0.15, 0.2) is 0 Å². The molecule has 0 nitrogen and oxygen atoms in total. The van der Waals surface area contributed by atoms with Gasteiger partial charge in [-0.2, -0.15) is 0 Å². The molecule has 29 heavy (non-hydrogen) atoms. The molecule has 4 rings (SSSR count). The van der Waals surface area contributed by atoms with Gasteiger partial charge in [0.2, 0.25) is 0 Å². The van der Waals surface area contributed by atoms with E-state index < -0.39 is 0 Å². The molecule has 2 aromatic rings. The molecule has 0 atom stereocenters. The zero-order chi connectivity index (χ0) is 20.4. The Labute approximate surface area is 194 Å². The Morgan fingerprint density at radius 2 is 1.86 bits per heavy atom. The zero-order valence-corrected chi connectivity index (χ0v) is 20.7. The monoisotopic (exact) mass is 514 g/mol. The van der Waals surface area contributed by atoms with Crippen LogP contribution < -0.4 is 0 Å². The van der Waals surface area contributed by atoms with Gasteiger partial charge in [0, 0.05) is 8.48 Å². The van der Waals surface area contributed by atoms with Crippen LogP contribution in [-0.2, 0) is 19.3 Å². The van der Waals surface area contributed by atoms with E-state index >= 15 is 0 Å². The normalized spacial score (nSPS) is 17.0. The fourth-order valence-electron chi connectivity index (χ4n) is 4.35. The third-order valence-corrected chi connectivity index (χ3v) is 8.43. The minimum atomic E-state index is 0.800. The molecule has 0 bridgehead atoms. The van der Waals surface area contributed by atoms with Crippen molar-refractivity contribution in [1.82, 2.24) is 0 Å². The number of hydrogen-bond donors (Lipinski definition) is 0. The molecule has 0 unspecified atom stereocenters. The summed E-state index contributed by atoms with van der Waals surface area (Å²) >= 11 is 4.27. The average Bonchev–Trinajstić information content (AvgIpc) is 3.55. The summed E-state index contributed by atoms with van der Waals surface area (Å²) in [6, 6.07) is 11.9. The van der Waals surface area contributed by atoms with Crippen LogP contribution in [0, 0.1) is 10.5 Å². The molecular formula is C27H31IS. The molecule has 0 radical (unpaired) electrons. The van der Waals surface area contributed by atoms with Crippen molar-refractivity contribution in [3.8, 4) is 0 Å². The molecule has 1 saturated carbocycles. The van der Waals surface area contributed by atoms with E-state index in [-0.39, 0.29) is 0 Å². The van der Waals surface area contributed by atoms with Crippen LogP contribution in [0.3, 0.4) is 0 Å². The highest BCUT2D eigenvalue weighted by Gasteiger charge is 2.26. The van der Waals surface area contributed by atoms with E-state index in [0.717, 1.165) is 17.2 Å². The van der Waals surface area contributed by atoms with Crippen molar-refractivity contribution in [3.05, 3.63) is 84.8 Å². The Kier molecular flexibility index (Phi) is 6.91. The van der Waals surface area contributed by atoms with E-state index in [1.165, 1.54) is 70.8 Å². The lowest BCUT2D eigenvalue weighted by Gasteiger charge is -2.13. The van der Waals surface area contributed by atoms with Gasteiger partial charge in [-0.05, 0) is 132 Å². The summed E-state index contributed by atoms with van der Waals surface area (Å²) in [5.41, 5.74) is 10.3. The smallest absolute Gasteiger partial charge is 0.0162 e. The Morgan fingerprint density at radius 1 is 1.10 bits per heavy atom. The zero-order valence-electron chi connectivity index (χ0n) is 17.7. The maximum absolute atomic E-state index is 4.38. The van der Waals surface area contributed by atoms with Crippen molar-refractivity contribution in [2.24, 2.45) is 0 Å². The lowest BCUT2D eigenvalue weighted by atomic mass is 9.96. The van der Waals surface area contributed by atoms with Gasteiger partial charge in [-0.25, -0.2) is 0 Å². The Bertz CT molecular complexity index is 949. The van der Waals surface area contributed by atoms with Gasteiger partial charge >= 0.3 is 0 Å². The quantitative estimate of drug-likeness (QED) is 0.275. The van der Waals surface area contributed by atoms with Gasteiger partial charge in [-0.1, -0.05) is 54.6 Å². The summed E-state index contributed by atoms with van der Waals surface area (Å²) < 4.78 is 1.40. The van der Waals surface area contributed by atoms with Crippen molar-refractivity contribution < 1.29 is 0 Å². The predicted molar refractivity (Wildman–Crippen MR) is 138 cm³/mol. The Balaban J connectivity index is 1.45. The van der Waals surface area contributed by atoms with Crippen LogP contribution in [0.15, 0.2) is 47.9 Å². The maximum Gasteiger partial charge on any atom is 0.0162 e. The Morgan fingerprint density at radius 3 is 2.62 bits per heavy atom. The summed E-state index contributed by atoms with van der Waals surface area (Å²) in [7, 11) is 0. The first-order valence-corrected chi connectivity index (χ1v) is 12.9. The van der Waals surface area contributed by atoms with Crippen LogP contribution in [0.4, 0.5) is 0 Å². The van der Waals surface area contributed by atoms with Crippen molar-refractivity contribution in [2.45, 2.75) is 71.1 Å². The highest BCUT2D eigenvalue weighted by Crippen LogP contribution is 2.43. The lowest BCUT2D eigenvalue weighted by Crippen LogP contribution is -1.97. The van der Waals surface area contributed by atoms with Crippen LogP contribution in [0.25, 0.3) is 4.91 Å². The third-order valence-electron chi connectivity index (χ3n) is 6.23. The van der Waals surface area contributed by atoms with Gasteiger partial charge < -0.3 is 0 Å². The second-order valence-electron chi connectivity index (χ2n) is 8.80. The number of fused-ring (bicyclic) bond motifs is 1. The first kappa shape index (κ1) is 21.2. The number of halogens is 1. The van der Waals surface area contributed by atoms with Crippen molar-refractivity contribution in [1.29, 1.82) is 0 Å². The first-order valence-electron chi connectivity index (χ1n) is 10.9. The number of aryl methyl sites for hydroxylation is 3. The van der Waals surface area contributed by atoms with E-state index in [9.17, 15) is 0 Å². The van der Waals surface area contributed by atoms with E-state index in [4.69, 9.17) is 0 Å². The van der Waals surface area contributed by atoms with Crippen molar-refractivity contribution in [3.63, 3.8) is 0 Å². The Hall–Kier alpha value is -1.00. The molecular weight excluding hydrogens is 483 g/mol. The lowest BCUT2D eigenvalue weighted by molar-refractivity contribution is 0.711. The highest BCUT2D eigenvalue weighted by atomic mass is 127. The molecule has 1 fully saturated rings. The average molecular weight is 515 g/mol. The summed E-state index contributed by atoms with van der Waals surface area (Å²) in [6.45, 7) is 8.87. The molecule has 2 aromatic carbocycles. The molecule has 0 amide bonds. The number of allylic oxidation sites excluding steroid dienone is 1. The number of hydrogen-bond acceptors (Lipinski definition) is 1. The van der Waals surface area contributed by atoms with Crippen LogP contribution in [0.5, 0.6) is 0 Å². The molecule has 0 saturated heterocycles. The minimum Gasteiger partial charge on any atom is -0.0981 e. The number of rotatable bonds is 6. The summed E-state index contributed by atoms with van der Waals surface area (Å²) in [5.74, 6) is 0.800. The number of benzene rings is 2. The van der Waals surface area contributed by atoms with Gasteiger partial charge in [0.05, 0.1) is 0 Å². The van der Waals surface area contributed by atoms with E-state index in [1.807, 2.05) is 0 Å². The van der Waals surface area contributed by atoms with Crippen molar-refractivity contribution in [2.75, 3.05) is 0 Å². The second kappa shape index (κ2) is 9.43. The van der Waals surface area contributed by atoms with Crippen LogP contribution in [0.2, 0.25) is 0 Å². The predicted octanol–water partition coefficient (Wildman–Crippen LogP) is 8.60. The SMILES string of the molecule is C=C(S/C=C(\C)Cc1cc(C)c(I)cc1C1CC1)c1ccc2c(c1)CCCCC2. The molecule has 0 aromatic heterocycles. The molecule has 2 aliphatic carbocycles. The molecule has 0 heterocycles. The van der Waals surface area contributed by atoms with Crippen LogP contribution in [0.1, 0.15) is 78.3 Å². The van der Waals surface area contributed by atoms with Crippen LogP contribution in [-0.4, -0.2) is 0 Å². The third kappa shape index (κ3) is 5.38. The summed E-state index contributed by atoms with van der Waals surface area (Å²) in [6.07, 6.45) is 10.3. The van der Waals surface area contributed by atoms with E-state index in [2.05, 4.69) is 78.8 Å². The minimum absolute atomic E-state index is 0.800. The van der Waals surface area contributed by atoms with E-state index in [0.29, 0.717) is 0 Å². The highest BCUT2D eigenvalue weighted by molar-refractivity contribution is 14.1. The maximum atomic E-state index is 4.38. The number of thioether (sulfide) groups is 1. The molecule has 2 heteroatoms. The fraction of sp³-hybridized carbons (Fsp3) is 0.407. The standard InChI is InChI=1S/C27H31IS/c1-18(13-25-14-19(2)27(28)16-26(25)22-10-11-22)17-29-20(3)23-12-9-21-7-5-4-6-8-24(21)15-23/h9,12,14-17,22H,3-8,10-11,13H2,1-2H3/b18-17+. The van der Waals surface area contributed by atoms with Gasteiger partial charge in [0.25, 0.3) is 0 Å². The molecule has 0 spiro atoms. The topological polar surface area (TPSA) is 0 Å². The summed E-state index contributed by atoms with van der Waals surface area (Å²) in [4.78, 5) is 1.16. The summed E-state index contributed by atoms with van der Waals surface area (Å²) in [5, 5.41) is 2.32. The van der Waals surface area contributed by atoms with Gasteiger partial charge in [0.1, 0.15) is 0 Å². The largest absolute Gasteiger partial charge is 0.0981 e. The van der Waals surface area contributed by atoms with E-state index in [1.54, 1.807) is 28.5 Å². The van der Waals surface area contributed by atoms with Crippen LogP contribution >= 0.6 is 34.4 Å². The fourth-order valence-corrected chi connectivity index (χ4v) is 5.53. The van der Waals surface area contributed by atoms with Crippen molar-refractivity contribution >= 4 is 39.3 Å². The second-order valence-corrected chi connectivity index (χ2v) is 10.9. The molecule has 0 N–H and O–H groups in total. The molecule has 0 aliphatic heterocycles. The molecule has 2 aliphatic rings. The first-order chi connectivity index (χ1) is 14.0.